The Labute approximate surface area is 134 Å². The molecule has 6 heteroatoms. The van der Waals surface area contributed by atoms with Gasteiger partial charge in [0.1, 0.15) is 11.5 Å². The number of thiophene rings is 1. The molecule has 0 atom stereocenters. The maximum absolute atomic E-state index is 11.8. The lowest BCUT2D eigenvalue weighted by Gasteiger charge is -2.05. The maximum Gasteiger partial charge on any atom is 0.348 e. The second-order valence-corrected chi connectivity index (χ2v) is 6.76. The molecule has 2 heterocycles. The molecular weight excluding hydrogens is 352 g/mol. The first-order chi connectivity index (χ1) is 10.2. The van der Waals surface area contributed by atoms with Gasteiger partial charge in [-0.3, -0.25) is 0 Å². The fourth-order valence-electron chi connectivity index (χ4n) is 1.81. The molecule has 0 bridgehead atoms. The van der Waals surface area contributed by atoms with Gasteiger partial charge < -0.3 is 4.74 Å². The van der Waals surface area contributed by atoms with E-state index in [9.17, 15) is 4.79 Å². The van der Waals surface area contributed by atoms with E-state index in [0.29, 0.717) is 4.88 Å². The van der Waals surface area contributed by atoms with E-state index in [1.54, 1.807) is 16.9 Å². The van der Waals surface area contributed by atoms with Crippen molar-refractivity contribution in [3.8, 4) is 5.69 Å². The Balaban J connectivity index is 1.62. The zero-order valence-electron chi connectivity index (χ0n) is 10.9. The molecule has 0 saturated carbocycles. The van der Waals surface area contributed by atoms with Crippen molar-refractivity contribution >= 4 is 33.2 Å². The molecule has 4 nitrogen and oxygen atoms in total. The quantitative estimate of drug-likeness (QED) is 0.657. The summed E-state index contributed by atoms with van der Waals surface area (Å²) in [5.41, 5.74) is 1.91. The number of benzene rings is 1. The molecule has 0 spiro atoms. The van der Waals surface area contributed by atoms with Crippen molar-refractivity contribution in [2.75, 3.05) is 0 Å². The van der Waals surface area contributed by atoms with Crippen LogP contribution in [-0.2, 0) is 11.3 Å². The molecule has 0 fully saturated rings. The highest BCUT2D eigenvalue weighted by Gasteiger charge is 2.10. The molecule has 0 unspecified atom stereocenters. The van der Waals surface area contributed by atoms with Crippen LogP contribution in [0, 0.1) is 0 Å². The molecule has 0 aliphatic rings. The second-order valence-electron chi connectivity index (χ2n) is 4.30. The van der Waals surface area contributed by atoms with Crippen LogP contribution < -0.4 is 0 Å². The average Bonchev–Trinajstić information content (AvgIpc) is 3.16. The summed E-state index contributed by atoms with van der Waals surface area (Å²) in [5.74, 6) is -0.304. The highest BCUT2D eigenvalue weighted by atomic mass is 79.9. The van der Waals surface area contributed by atoms with Crippen LogP contribution in [0.4, 0.5) is 0 Å². The van der Waals surface area contributed by atoms with Gasteiger partial charge in [-0.2, -0.15) is 5.10 Å². The minimum atomic E-state index is -0.304. The van der Waals surface area contributed by atoms with Crippen molar-refractivity contribution in [3.63, 3.8) is 0 Å². The number of hydrogen-bond acceptors (Lipinski definition) is 4. The highest BCUT2D eigenvalue weighted by Crippen LogP contribution is 2.23. The van der Waals surface area contributed by atoms with E-state index >= 15 is 0 Å². The number of nitrogens with zero attached hydrogens (tertiary/aromatic N) is 2. The van der Waals surface area contributed by atoms with Gasteiger partial charge in [-0.05, 0) is 51.8 Å². The monoisotopic (exact) mass is 362 g/mol. The summed E-state index contributed by atoms with van der Waals surface area (Å²) in [6.45, 7) is 0.258. The number of hydrogen-bond donors (Lipinski definition) is 0. The van der Waals surface area contributed by atoms with Crippen LogP contribution in [-0.4, -0.2) is 15.7 Å². The Morgan fingerprint density at radius 2 is 2.05 bits per heavy atom. The Morgan fingerprint density at radius 3 is 2.67 bits per heavy atom. The normalized spacial score (nSPS) is 10.5. The Morgan fingerprint density at radius 1 is 1.24 bits per heavy atom. The summed E-state index contributed by atoms with van der Waals surface area (Å²) in [4.78, 5) is 12.4. The number of carbonyl (C=O) groups is 1. The summed E-state index contributed by atoms with van der Waals surface area (Å²) in [6, 6.07) is 13.2. The fraction of sp³-hybridized carbons (Fsp3) is 0.0667. The van der Waals surface area contributed by atoms with E-state index in [1.165, 1.54) is 11.3 Å². The lowest BCUT2D eigenvalue weighted by molar-refractivity contribution is 0.0478. The van der Waals surface area contributed by atoms with E-state index < -0.39 is 0 Å². The Kier molecular flexibility index (Phi) is 4.17. The molecule has 0 saturated heterocycles. The van der Waals surface area contributed by atoms with Gasteiger partial charge in [0.05, 0.1) is 9.47 Å². The first-order valence-corrected chi connectivity index (χ1v) is 7.85. The van der Waals surface area contributed by atoms with Crippen LogP contribution >= 0.6 is 27.3 Å². The Hall–Kier alpha value is -1.92. The maximum atomic E-state index is 11.8. The molecule has 0 N–H and O–H groups in total. The van der Waals surface area contributed by atoms with Crippen molar-refractivity contribution in [1.82, 2.24) is 9.78 Å². The van der Waals surface area contributed by atoms with Gasteiger partial charge in [0.15, 0.2) is 0 Å². The number of halogens is 1. The molecule has 0 amide bonds. The van der Waals surface area contributed by atoms with E-state index in [2.05, 4.69) is 21.0 Å². The van der Waals surface area contributed by atoms with Crippen LogP contribution in [0.1, 0.15) is 15.2 Å². The van der Waals surface area contributed by atoms with Crippen LogP contribution in [0.5, 0.6) is 0 Å². The summed E-state index contributed by atoms with van der Waals surface area (Å²) in [6.07, 6.45) is 3.61. The largest absolute Gasteiger partial charge is 0.457 e. The second kappa shape index (κ2) is 6.24. The van der Waals surface area contributed by atoms with Gasteiger partial charge in [0, 0.05) is 12.4 Å². The third-order valence-electron chi connectivity index (χ3n) is 2.85. The van der Waals surface area contributed by atoms with Gasteiger partial charge in [0.2, 0.25) is 0 Å². The van der Waals surface area contributed by atoms with Gasteiger partial charge in [-0.25, -0.2) is 9.48 Å². The third-order valence-corrected chi connectivity index (χ3v) is 4.45. The van der Waals surface area contributed by atoms with Gasteiger partial charge in [-0.1, -0.05) is 12.1 Å². The molecule has 3 rings (SSSR count). The molecule has 106 valence electrons. The SMILES string of the molecule is O=C(OCc1ccc(-n2cccn2)cc1)c1ccc(Br)s1. The van der Waals surface area contributed by atoms with Gasteiger partial charge in [0.25, 0.3) is 0 Å². The minimum absolute atomic E-state index is 0.258. The van der Waals surface area contributed by atoms with Crippen molar-refractivity contribution in [2.45, 2.75) is 6.61 Å². The highest BCUT2D eigenvalue weighted by molar-refractivity contribution is 9.11. The number of ether oxygens (including phenoxy) is 1. The van der Waals surface area contributed by atoms with Crippen LogP contribution in [0.2, 0.25) is 0 Å². The smallest absolute Gasteiger partial charge is 0.348 e. The van der Waals surface area contributed by atoms with Crippen molar-refractivity contribution in [2.24, 2.45) is 0 Å². The summed E-state index contributed by atoms with van der Waals surface area (Å²) >= 11 is 4.69. The lowest BCUT2D eigenvalue weighted by Crippen LogP contribution is -2.03. The standard InChI is InChI=1S/C15H11BrN2O2S/c16-14-7-6-13(21-14)15(19)20-10-11-2-4-12(5-3-11)18-9-1-8-17-18/h1-9H,10H2. The van der Waals surface area contributed by atoms with Crippen molar-refractivity contribution in [3.05, 3.63) is 69.1 Å². The number of rotatable bonds is 4. The zero-order chi connectivity index (χ0) is 14.7. The molecule has 1 aromatic carbocycles. The number of carbonyl (C=O) groups excluding carboxylic acids is 1. The van der Waals surface area contributed by atoms with Crippen LogP contribution in [0.25, 0.3) is 5.69 Å². The number of aromatic nitrogens is 2. The van der Waals surface area contributed by atoms with E-state index in [4.69, 9.17) is 4.74 Å². The molecule has 21 heavy (non-hydrogen) atoms. The fourth-order valence-corrected chi connectivity index (χ4v) is 3.09. The molecule has 3 aromatic rings. The third kappa shape index (κ3) is 3.40. The Bertz CT molecular complexity index is 735. The summed E-state index contributed by atoms with van der Waals surface area (Å²) in [7, 11) is 0. The van der Waals surface area contributed by atoms with E-state index in [0.717, 1.165) is 15.0 Å². The van der Waals surface area contributed by atoms with Crippen molar-refractivity contribution < 1.29 is 9.53 Å². The van der Waals surface area contributed by atoms with Crippen LogP contribution in [0.3, 0.4) is 0 Å². The average molecular weight is 363 g/mol. The van der Waals surface area contributed by atoms with Gasteiger partial charge in [-0.15, -0.1) is 11.3 Å². The predicted octanol–water partition coefficient (Wildman–Crippen LogP) is 4.05. The first-order valence-electron chi connectivity index (χ1n) is 6.24. The molecule has 0 aliphatic carbocycles. The first kappa shape index (κ1) is 14.0. The molecular formula is C15H11BrN2O2S. The lowest BCUT2D eigenvalue weighted by atomic mass is 10.2. The van der Waals surface area contributed by atoms with Gasteiger partial charge >= 0.3 is 5.97 Å². The molecule has 0 aliphatic heterocycles. The zero-order valence-corrected chi connectivity index (χ0v) is 13.3. The van der Waals surface area contributed by atoms with E-state index in [-0.39, 0.29) is 12.6 Å². The summed E-state index contributed by atoms with van der Waals surface area (Å²) in [5, 5.41) is 4.16. The summed E-state index contributed by atoms with van der Waals surface area (Å²) < 4.78 is 7.98. The topological polar surface area (TPSA) is 44.1 Å². The van der Waals surface area contributed by atoms with E-state index in [1.807, 2.05) is 42.6 Å². The van der Waals surface area contributed by atoms with Crippen molar-refractivity contribution in [1.29, 1.82) is 0 Å². The molecule has 0 radical (unpaired) electrons. The number of esters is 1. The van der Waals surface area contributed by atoms with Crippen LogP contribution in [0.15, 0.2) is 58.6 Å². The predicted molar refractivity (Wildman–Crippen MR) is 84.7 cm³/mol. The minimum Gasteiger partial charge on any atom is -0.457 e. The molecule has 2 aromatic heterocycles.